The van der Waals surface area contributed by atoms with Gasteiger partial charge in [-0.3, -0.25) is 0 Å². The zero-order valence-electron chi connectivity index (χ0n) is 12.0. The average molecular weight is 241 g/mol. The second-order valence-corrected chi connectivity index (χ2v) is 6.01. The minimum atomic E-state index is 0.787. The van der Waals surface area contributed by atoms with Crippen molar-refractivity contribution in [3.8, 4) is 0 Å². The van der Waals surface area contributed by atoms with Gasteiger partial charge >= 0.3 is 0 Å². The third-order valence-electron chi connectivity index (χ3n) is 3.80. The van der Waals surface area contributed by atoms with Crippen molar-refractivity contribution in [1.82, 2.24) is 5.32 Å². The van der Waals surface area contributed by atoms with Gasteiger partial charge in [0.2, 0.25) is 0 Å². The van der Waals surface area contributed by atoms with Crippen LogP contribution >= 0.6 is 0 Å². The molecule has 0 aromatic heterocycles. The van der Waals surface area contributed by atoms with E-state index < -0.39 is 0 Å². The molecule has 1 rings (SSSR count). The summed E-state index contributed by atoms with van der Waals surface area (Å²) in [7, 11) is 1.78. The first-order chi connectivity index (χ1) is 8.22. The van der Waals surface area contributed by atoms with E-state index in [1.165, 1.54) is 51.5 Å². The van der Waals surface area contributed by atoms with Crippen LogP contribution in [-0.4, -0.2) is 26.3 Å². The molecule has 0 amide bonds. The summed E-state index contributed by atoms with van der Waals surface area (Å²) >= 11 is 0. The molecular weight excluding hydrogens is 210 g/mol. The molecule has 0 heterocycles. The van der Waals surface area contributed by atoms with E-state index in [4.69, 9.17) is 4.74 Å². The van der Waals surface area contributed by atoms with E-state index in [0.717, 1.165) is 24.5 Å². The summed E-state index contributed by atoms with van der Waals surface area (Å²) in [6.07, 6.45) is 9.53. The first kappa shape index (κ1) is 15.0. The van der Waals surface area contributed by atoms with Crippen LogP contribution < -0.4 is 5.32 Å². The molecule has 0 saturated heterocycles. The lowest BCUT2D eigenvalue weighted by Crippen LogP contribution is -2.35. The first-order valence-corrected chi connectivity index (χ1v) is 7.44. The summed E-state index contributed by atoms with van der Waals surface area (Å²) in [6.45, 7) is 6.77. The third-order valence-corrected chi connectivity index (χ3v) is 3.80. The maximum absolute atomic E-state index is 5.07. The highest BCUT2D eigenvalue weighted by Crippen LogP contribution is 2.29. The van der Waals surface area contributed by atoms with Crippen LogP contribution in [0.5, 0.6) is 0 Å². The molecule has 1 saturated carbocycles. The van der Waals surface area contributed by atoms with Crippen molar-refractivity contribution in [2.75, 3.05) is 20.3 Å². The smallest absolute Gasteiger partial charge is 0.0462 e. The number of nitrogens with one attached hydrogen (secondary N) is 1. The molecule has 2 unspecified atom stereocenters. The van der Waals surface area contributed by atoms with Crippen molar-refractivity contribution in [3.05, 3.63) is 0 Å². The fraction of sp³-hybridized carbons (Fsp3) is 1.00. The van der Waals surface area contributed by atoms with Gasteiger partial charge in [0.1, 0.15) is 0 Å². The molecule has 2 heteroatoms. The van der Waals surface area contributed by atoms with Crippen molar-refractivity contribution in [2.24, 2.45) is 11.8 Å². The summed E-state index contributed by atoms with van der Waals surface area (Å²) in [5.74, 6) is 1.83. The Kier molecular flexibility index (Phi) is 7.87. The largest absolute Gasteiger partial charge is 0.385 e. The quantitative estimate of drug-likeness (QED) is 0.656. The Balaban J connectivity index is 2.08. The Hall–Kier alpha value is -0.0800. The van der Waals surface area contributed by atoms with Crippen LogP contribution in [0.25, 0.3) is 0 Å². The molecule has 17 heavy (non-hydrogen) atoms. The van der Waals surface area contributed by atoms with Gasteiger partial charge in [0, 0.05) is 19.8 Å². The first-order valence-electron chi connectivity index (χ1n) is 7.44. The van der Waals surface area contributed by atoms with Crippen molar-refractivity contribution in [3.63, 3.8) is 0 Å². The molecule has 2 nitrogen and oxygen atoms in total. The molecule has 1 N–H and O–H groups in total. The number of methoxy groups -OCH3 is 1. The van der Waals surface area contributed by atoms with Crippen molar-refractivity contribution in [1.29, 1.82) is 0 Å². The van der Waals surface area contributed by atoms with Gasteiger partial charge in [0.25, 0.3) is 0 Å². The van der Waals surface area contributed by atoms with Gasteiger partial charge in [0.15, 0.2) is 0 Å². The number of hydrogen-bond donors (Lipinski definition) is 1. The van der Waals surface area contributed by atoms with E-state index in [1.807, 2.05) is 0 Å². The molecule has 0 radical (unpaired) electrons. The molecule has 0 aromatic rings. The fourth-order valence-corrected chi connectivity index (χ4v) is 3.03. The summed E-state index contributed by atoms with van der Waals surface area (Å²) in [4.78, 5) is 0. The summed E-state index contributed by atoms with van der Waals surface area (Å²) in [5.41, 5.74) is 0. The van der Waals surface area contributed by atoms with Gasteiger partial charge in [0.05, 0.1) is 0 Å². The van der Waals surface area contributed by atoms with Gasteiger partial charge in [-0.1, -0.05) is 26.7 Å². The van der Waals surface area contributed by atoms with Gasteiger partial charge in [-0.25, -0.2) is 0 Å². The molecule has 102 valence electrons. The highest BCUT2D eigenvalue weighted by Gasteiger charge is 2.21. The monoisotopic (exact) mass is 241 g/mol. The molecule has 1 aliphatic rings. The second-order valence-electron chi connectivity index (χ2n) is 6.01. The zero-order valence-corrected chi connectivity index (χ0v) is 12.0. The van der Waals surface area contributed by atoms with Gasteiger partial charge in [-0.15, -0.1) is 0 Å². The Morgan fingerprint density at radius 1 is 1.24 bits per heavy atom. The van der Waals surface area contributed by atoms with Crippen LogP contribution in [0.4, 0.5) is 0 Å². The van der Waals surface area contributed by atoms with Gasteiger partial charge in [-0.2, -0.15) is 0 Å². The number of rotatable bonds is 8. The predicted molar refractivity (Wildman–Crippen MR) is 74.3 cm³/mol. The molecule has 0 aliphatic heterocycles. The van der Waals surface area contributed by atoms with Crippen molar-refractivity contribution < 1.29 is 4.74 Å². The number of ether oxygens (including phenoxy) is 1. The average Bonchev–Trinajstić information content (AvgIpc) is 2.28. The molecular formula is C15H31NO. The van der Waals surface area contributed by atoms with Crippen molar-refractivity contribution >= 4 is 0 Å². The normalized spacial score (nSPS) is 25.4. The Labute approximate surface area is 108 Å². The Morgan fingerprint density at radius 3 is 2.76 bits per heavy atom. The lowest BCUT2D eigenvalue weighted by atomic mass is 9.81. The van der Waals surface area contributed by atoms with Crippen LogP contribution in [0.3, 0.4) is 0 Å². The van der Waals surface area contributed by atoms with Crippen LogP contribution in [0.1, 0.15) is 58.8 Å². The molecule has 0 aromatic carbocycles. The van der Waals surface area contributed by atoms with Crippen molar-refractivity contribution in [2.45, 2.75) is 64.8 Å². The van der Waals surface area contributed by atoms with Gasteiger partial charge in [-0.05, 0) is 50.5 Å². The number of unbranched alkanes of at least 4 members (excludes halogenated alkanes) is 1. The van der Waals surface area contributed by atoms with E-state index in [9.17, 15) is 0 Å². The van der Waals surface area contributed by atoms with Crippen LogP contribution in [0.2, 0.25) is 0 Å². The molecule has 2 atom stereocenters. The van der Waals surface area contributed by atoms with E-state index in [1.54, 1.807) is 7.11 Å². The van der Waals surface area contributed by atoms with E-state index >= 15 is 0 Å². The van der Waals surface area contributed by atoms with E-state index in [2.05, 4.69) is 19.2 Å². The summed E-state index contributed by atoms with van der Waals surface area (Å²) in [5, 5.41) is 3.73. The Morgan fingerprint density at radius 2 is 2.06 bits per heavy atom. The SMILES string of the molecule is COCCCCNC1CCCC(CC(C)C)C1. The lowest BCUT2D eigenvalue weighted by molar-refractivity contribution is 0.191. The van der Waals surface area contributed by atoms with Crippen LogP contribution in [0.15, 0.2) is 0 Å². The second kappa shape index (κ2) is 8.93. The van der Waals surface area contributed by atoms with E-state index in [-0.39, 0.29) is 0 Å². The molecule has 0 bridgehead atoms. The summed E-state index contributed by atoms with van der Waals surface area (Å²) in [6, 6.07) is 0.787. The maximum Gasteiger partial charge on any atom is 0.0462 e. The third kappa shape index (κ3) is 7.05. The lowest BCUT2D eigenvalue weighted by Gasteiger charge is -2.31. The van der Waals surface area contributed by atoms with Crippen LogP contribution in [0, 0.1) is 11.8 Å². The predicted octanol–water partition coefficient (Wildman–Crippen LogP) is 3.61. The Bertz CT molecular complexity index is 182. The highest BCUT2D eigenvalue weighted by molar-refractivity contribution is 4.78. The number of hydrogen-bond acceptors (Lipinski definition) is 2. The standard InChI is InChI=1S/C15H31NO/c1-13(2)11-14-7-6-8-15(12-14)16-9-4-5-10-17-3/h13-16H,4-12H2,1-3H3. The molecule has 1 aliphatic carbocycles. The van der Waals surface area contributed by atoms with Crippen LogP contribution in [-0.2, 0) is 4.74 Å². The zero-order chi connectivity index (χ0) is 12.5. The minimum Gasteiger partial charge on any atom is -0.385 e. The van der Waals surface area contributed by atoms with E-state index in [0.29, 0.717) is 0 Å². The highest BCUT2D eigenvalue weighted by atomic mass is 16.5. The van der Waals surface area contributed by atoms with Gasteiger partial charge < -0.3 is 10.1 Å². The molecule has 1 fully saturated rings. The molecule has 0 spiro atoms. The minimum absolute atomic E-state index is 0.787. The summed E-state index contributed by atoms with van der Waals surface area (Å²) < 4.78 is 5.07. The maximum atomic E-state index is 5.07. The fourth-order valence-electron chi connectivity index (χ4n) is 3.03. The topological polar surface area (TPSA) is 21.3 Å².